The predicted molar refractivity (Wildman–Crippen MR) is 72.8 cm³/mol. The molecule has 0 atom stereocenters. The van der Waals surface area contributed by atoms with Gasteiger partial charge in [-0.25, -0.2) is 0 Å². The number of carbonyl (C=O) groups is 1. The fourth-order valence-corrected chi connectivity index (χ4v) is 2.07. The fraction of sp³-hybridized carbons (Fsp3) is 0.364. The van der Waals surface area contributed by atoms with Crippen molar-refractivity contribution in [2.45, 2.75) is 6.42 Å². The summed E-state index contributed by atoms with van der Waals surface area (Å²) in [6.07, 6.45) is 0.444. The Balaban J connectivity index is 2.95. The second kappa shape index (κ2) is 6.11. The van der Waals surface area contributed by atoms with Crippen molar-refractivity contribution in [3.05, 3.63) is 23.2 Å². The number of hydrogen-bond acceptors (Lipinski definition) is 2. The van der Waals surface area contributed by atoms with Crippen LogP contribution in [0.4, 0.5) is 11.4 Å². The lowest BCUT2D eigenvalue weighted by atomic mass is 10.2. The number of anilines is 2. The van der Waals surface area contributed by atoms with Crippen LogP contribution >= 0.6 is 27.5 Å². The SMILES string of the molecule is CN(C)c1c(Cl)cccc1NC(=O)CCBr. The Hall–Kier alpha value is -0.740. The zero-order valence-corrected chi connectivity index (χ0v) is 11.6. The quantitative estimate of drug-likeness (QED) is 0.867. The molecule has 1 rings (SSSR count). The number of nitrogens with zero attached hydrogens (tertiary/aromatic N) is 1. The molecule has 3 nitrogen and oxygen atoms in total. The van der Waals surface area contributed by atoms with Crippen LogP contribution in [-0.4, -0.2) is 25.3 Å². The molecule has 5 heteroatoms. The van der Waals surface area contributed by atoms with Gasteiger partial charge in [-0.15, -0.1) is 0 Å². The number of carbonyl (C=O) groups excluding carboxylic acids is 1. The minimum Gasteiger partial charge on any atom is -0.375 e. The van der Waals surface area contributed by atoms with Crippen molar-refractivity contribution in [2.75, 3.05) is 29.6 Å². The molecule has 0 aliphatic heterocycles. The van der Waals surface area contributed by atoms with E-state index in [0.717, 1.165) is 11.4 Å². The molecule has 0 bridgehead atoms. The van der Waals surface area contributed by atoms with Gasteiger partial charge in [0.25, 0.3) is 0 Å². The number of amides is 1. The molecule has 0 aliphatic carbocycles. The molecule has 16 heavy (non-hydrogen) atoms. The number of alkyl halides is 1. The monoisotopic (exact) mass is 304 g/mol. The molecule has 1 aromatic rings. The molecule has 0 spiro atoms. The topological polar surface area (TPSA) is 32.3 Å². The average molecular weight is 306 g/mol. The summed E-state index contributed by atoms with van der Waals surface area (Å²) in [5.41, 5.74) is 1.57. The first-order valence-corrected chi connectivity index (χ1v) is 6.38. The summed E-state index contributed by atoms with van der Waals surface area (Å²) in [5.74, 6) is -0.0257. The highest BCUT2D eigenvalue weighted by Gasteiger charge is 2.11. The first-order chi connectivity index (χ1) is 7.56. The van der Waals surface area contributed by atoms with Crippen molar-refractivity contribution < 1.29 is 4.79 Å². The Kier molecular flexibility index (Phi) is 5.09. The van der Waals surface area contributed by atoms with Gasteiger partial charge >= 0.3 is 0 Å². The number of para-hydroxylation sites is 1. The van der Waals surface area contributed by atoms with Gasteiger partial charge in [-0.1, -0.05) is 33.6 Å². The van der Waals surface area contributed by atoms with E-state index >= 15 is 0 Å². The van der Waals surface area contributed by atoms with Gasteiger partial charge in [0.15, 0.2) is 0 Å². The lowest BCUT2D eigenvalue weighted by Crippen LogP contribution is -2.17. The number of hydrogen-bond donors (Lipinski definition) is 1. The van der Waals surface area contributed by atoms with Crippen LogP contribution in [0.3, 0.4) is 0 Å². The smallest absolute Gasteiger partial charge is 0.225 e. The minimum atomic E-state index is -0.0257. The van der Waals surface area contributed by atoms with E-state index in [0.29, 0.717) is 16.8 Å². The van der Waals surface area contributed by atoms with Gasteiger partial charge in [0.05, 0.1) is 16.4 Å². The Morgan fingerprint density at radius 2 is 2.19 bits per heavy atom. The Morgan fingerprint density at radius 1 is 1.50 bits per heavy atom. The standard InChI is InChI=1S/C11H14BrClN2O/c1-15(2)11-8(13)4-3-5-9(11)14-10(16)6-7-12/h3-5H,6-7H2,1-2H3,(H,14,16). The van der Waals surface area contributed by atoms with E-state index in [4.69, 9.17) is 11.6 Å². The molecule has 88 valence electrons. The third-order valence-corrected chi connectivity index (χ3v) is 2.73. The second-order valence-electron chi connectivity index (χ2n) is 3.52. The molecular weight excluding hydrogens is 291 g/mol. The van der Waals surface area contributed by atoms with Gasteiger partial charge < -0.3 is 10.2 Å². The Labute approximate surface area is 109 Å². The van der Waals surface area contributed by atoms with Crippen molar-refractivity contribution in [1.29, 1.82) is 0 Å². The van der Waals surface area contributed by atoms with Gasteiger partial charge in [-0.2, -0.15) is 0 Å². The second-order valence-corrected chi connectivity index (χ2v) is 4.72. The number of benzene rings is 1. The highest BCUT2D eigenvalue weighted by atomic mass is 79.9. The maximum atomic E-state index is 11.5. The Bertz CT molecular complexity index is 382. The summed E-state index contributed by atoms with van der Waals surface area (Å²) in [6.45, 7) is 0. The number of rotatable bonds is 4. The maximum Gasteiger partial charge on any atom is 0.225 e. The highest BCUT2D eigenvalue weighted by molar-refractivity contribution is 9.09. The van der Waals surface area contributed by atoms with Crippen LogP contribution in [-0.2, 0) is 4.79 Å². The van der Waals surface area contributed by atoms with Crippen LogP contribution in [0.5, 0.6) is 0 Å². The summed E-state index contributed by atoms with van der Waals surface area (Å²) >= 11 is 9.31. The van der Waals surface area contributed by atoms with E-state index in [1.165, 1.54) is 0 Å². The first-order valence-electron chi connectivity index (χ1n) is 4.88. The third kappa shape index (κ3) is 3.39. The fourth-order valence-electron chi connectivity index (χ4n) is 1.37. The molecule has 0 aliphatic rings. The van der Waals surface area contributed by atoms with E-state index in [1.54, 1.807) is 6.07 Å². The average Bonchev–Trinajstić information content (AvgIpc) is 2.17. The third-order valence-electron chi connectivity index (χ3n) is 2.03. The van der Waals surface area contributed by atoms with Crippen LogP contribution in [0.15, 0.2) is 18.2 Å². The van der Waals surface area contributed by atoms with Crippen LogP contribution < -0.4 is 10.2 Å². The molecule has 0 aromatic heterocycles. The summed E-state index contributed by atoms with van der Waals surface area (Å²) in [7, 11) is 3.78. The molecule has 0 fully saturated rings. The van der Waals surface area contributed by atoms with Crippen molar-refractivity contribution in [3.8, 4) is 0 Å². The highest BCUT2D eigenvalue weighted by Crippen LogP contribution is 2.32. The zero-order chi connectivity index (χ0) is 12.1. The zero-order valence-electron chi connectivity index (χ0n) is 9.26. The van der Waals surface area contributed by atoms with E-state index < -0.39 is 0 Å². The van der Waals surface area contributed by atoms with E-state index in [9.17, 15) is 4.79 Å². The molecule has 1 amide bonds. The number of halogens is 2. The molecule has 1 N–H and O–H groups in total. The summed E-state index contributed by atoms with van der Waals surface area (Å²) in [6, 6.07) is 5.46. The van der Waals surface area contributed by atoms with E-state index in [-0.39, 0.29) is 5.91 Å². The van der Waals surface area contributed by atoms with E-state index in [1.807, 2.05) is 31.1 Å². The van der Waals surface area contributed by atoms with Gasteiger partial charge in [-0.3, -0.25) is 4.79 Å². The van der Waals surface area contributed by atoms with Crippen molar-refractivity contribution in [1.82, 2.24) is 0 Å². The molecule has 0 saturated heterocycles. The Morgan fingerprint density at radius 3 is 2.75 bits per heavy atom. The summed E-state index contributed by atoms with van der Waals surface area (Å²) in [5, 5.41) is 4.11. The van der Waals surface area contributed by atoms with Crippen LogP contribution in [0.2, 0.25) is 5.02 Å². The molecule has 0 radical (unpaired) electrons. The predicted octanol–water partition coefficient (Wildman–Crippen LogP) is 3.13. The normalized spacial score (nSPS) is 10.0. The molecule has 0 heterocycles. The van der Waals surface area contributed by atoms with Crippen molar-refractivity contribution in [3.63, 3.8) is 0 Å². The molecule has 0 unspecified atom stereocenters. The first kappa shape index (κ1) is 13.3. The van der Waals surface area contributed by atoms with Gasteiger partial charge in [-0.05, 0) is 12.1 Å². The van der Waals surface area contributed by atoms with Crippen LogP contribution in [0.1, 0.15) is 6.42 Å². The minimum absolute atomic E-state index is 0.0257. The summed E-state index contributed by atoms with van der Waals surface area (Å²) < 4.78 is 0. The molecular formula is C11H14BrClN2O. The van der Waals surface area contributed by atoms with Gasteiger partial charge in [0.2, 0.25) is 5.91 Å². The lowest BCUT2D eigenvalue weighted by molar-refractivity contribution is -0.115. The lowest BCUT2D eigenvalue weighted by Gasteiger charge is -2.19. The van der Waals surface area contributed by atoms with Gasteiger partial charge in [0, 0.05) is 25.8 Å². The van der Waals surface area contributed by atoms with E-state index in [2.05, 4.69) is 21.2 Å². The summed E-state index contributed by atoms with van der Waals surface area (Å²) in [4.78, 5) is 13.4. The largest absolute Gasteiger partial charge is 0.375 e. The van der Waals surface area contributed by atoms with Crippen molar-refractivity contribution >= 4 is 44.8 Å². The van der Waals surface area contributed by atoms with Gasteiger partial charge in [0.1, 0.15) is 0 Å². The van der Waals surface area contributed by atoms with Crippen molar-refractivity contribution in [2.24, 2.45) is 0 Å². The molecule has 1 aromatic carbocycles. The number of nitrogens with one attached hydrogen (secondary N) is 1. The van der Waals surface area contributed by atoms with Crippen LogP contribution in [0.25, 0.3) is 0 Å². The molecule has 0 saturated carbocycles. The van der Waals surface area contributed by atoms with Crippen LogP contribution in [0, 0.1) is 0 Å². The maximum absolute atomic E-state index is 11.5.